The molecule has 0 fully saturated rings. The van der Waals surface area contributed by atoms with Crippen LogP contribution in [0.3, 0.4) is 0 Å². The van der Waals surface area contributed by atoms with E-state index in [1.165, 1.54) is 0 Å². The van der Waals surface area contributed by atoms with Gasteiger partial charge in [0.1, 0.15) is 0 Å². The van der Waals surface area contributed by atoms with Crippen LogP contribution in [-0.2, 0) is 4.79 Å². The molecule has 0 aromatic heterocycles. The SMILES string of the molecule is CCC(C)(N)C(=O)N(C)C(C)C(C)(C)C. The van der Waals surface area contributed by atoms with Crippen molar-refractivity contribution in [2.45, 2.75) is 59.5 Å². The van der Waals surface area contributed by atoms with Gasteiger partial charge in [0.25, 0.3) is 0 Å². The lowest BCUT2D eigenvalue weighted by molar-refractivity contribution is -0.139. The van der Waals surface area contributed by atoms with Crippen LogP contribution in [0.1, 0.15) is 48.0 Å². The van der Waals surface area contributed by atoms with Crippen molar-refractivity contribution in [2.75, 3.05) is 7.05 Å². The van der Waals surface area contributed by atoms with E-state index in [1.54, 1.807) is 11.8 Å². The summed E-state index contributed by atoms with van der Waals surface area (Å²) in [7, 11) is 1.83. The van der Waals surface area contributed by atoms with Gasteiger partial charge in [0, 0.05) is 13.1 Å². The maximum atomic E-state index is 12.1. The van der Waals surface area contributed by atoms with Gasteiger partial charge in [0.05, 0.1) is 5.54 Å². The summed E-state index contributed by atoms with van der Waals surface area (Å²) >= 11 is 0. The molecule has 2 N–H and O–H groups in total. The summed E-state index contributed by atoms with van der Waals surface area (Å²) in [6, 6.07) is 0.180. The molecule has 0 aromatic carbocycles. The Balaban J connectivity index is 4.74. The molecule has 0 rings (SSSR count). The van der Waals surface area contributed by atoms with Gasteiger partial charge in [-0.15, -0.1) is 0 Å². The first kappa shape index (κ1) is 14.4. The molecule has 3 heteroatoms. The Bertz CT molecular complexity index is 228. The molecule has 0 radical (unpaired) electrons. The number of nitrogens with zero attached hydrogens (tertiary/aromatic N) is 1. The Kier molecular flexibility index (Phi) is 4.35. The fourth-order valence-corrected chi connectivity index (χ4v) is 1.31. The molecule has 2 unspecified atom stereocenters. The first-order chi connectivity index (χ1) is 6.54. The Morgan fingerprint density at radius 2 is 1.73 bits per heavy atom. The zero-order valence-electron chi connectivity index (χ0n) is 11.2. The number of likely N-dealkylation sites (N-methyl/N-ethyl adjacent to an activating group) is 1. The number of carbonyl (C=O) groups is 1. The van der Waals surface area contributed by atoms with Gasteiger partial charge >= 0.3 is 0 Å². The normalized spacial score (nSPS) is 18.1. The predicted octanol–water partition coefficient (Wildman–Crippen LogP) is 2.01. The van der Waals surface area contributed by atoms with Crippen LogP contribution in [0.4, 0.5) is 0 Å². The molecule has 0 bridgehead atoms. The monoisotopic (exact) mass is 214 g/mol. The van der Waals surface area contributed by atoms with Crippen LogP contribution in [0.2, 0.25) is 0 Å². The molecule has 15 heavy (non-hydrogen) atoms. The molecule has 0 saturated heterocycles. The molecule has 0 saturated carbocycles. The van der Waals surface area contributed by atoms with Crippen molar-refractivity contribution in [2.24, 2.45) is 11.1 Å². The second kappa shape index (κ2) is 4.52. The first-order valence-corrected chi connectivity index (χ1v) is 5.60. The number of rotatable bonds is 3. The van der Waals surface area contributed by atoms with Crippen LogP contribution in [0.25, 0.3) is 0 Å². The summed E-state index contributed by atoms with van der Waals surface area (Å²) in [5.41, 5.74) is 5.29. The van der Waals surface area contributed by atoms with E-state index >= 15 is 0 Å². The highest BCUT2D eigenvalue weighted by Crippen LogP contribution is 2.24. The van der Waals surface area contributed by atoms with E-state index in [0.29, 0.717) is 6.42 Å². The molecular formula is C12H26N2O. The maximum Gasteiger partial charge on any atom is 0.242 e. The number of carbonyl (C=O) groups excluding carboxylic acids is 1. The van der Waals surface area contributed by atoms with Crippen LogP contribution in [0.5, 0.6) is 0 Å². The Morgan fingerprint density at radius 3 is 2.00 bits per heavy atom. The lowest BCUT2D eigenvalue weighted by Gasteiger charge is -2.39. The minimum atomic E-state index is -0.742. The average Bonchev–Trinajstić information content (AvgIpc) is 2.12. The van der Waals surface area contributed by atoms with Crippen molar-refractivity contribution in [1.82, 2.24) is 4.90 Å². The number of nitrogens with two attached hydrogens (primary N) is 1. The molecule has 0 aliphatic heterocycles. The molecule has 2 atom stereocenters. The molecule has 0 aliphatic rings. The smallest absolute Gasteiger partial charge is 0.242 e. The average molecular weight is 214 g/mol. The molecular weight excluding hydrogens is 188 g/mol. The van der Waals surface area contributed by atoms with E-state index in [9.17, 15) is 4.79 Å². The zero-order chi connectivity index (χ0) is 12.4. The van der Waals surface area contributed by atoms with Crippen molar-refractivity contribution in [3.05, 3.63) is 0 Å². The lowest BCUT2D eigenvalue weighted by Crippen LogP contribution is -2.56. The van der Waals surface area contributed by atoms with E-state index in [-0.39, 0.29) is 17.4 Å². The minimum absolute atomic E-state index is 0.0208. The Labute approximate surface area is 94.0 Å². The minimum Gasteiger partial charge on any atom is -0.341 e. The van der Waals surface area contributed by atoms with E-state index in [4.69, 9.17) is 5.73 Å². The van der Waals surface area contributed by atoms with Gasteiger partial charge in [0.15, 0.2) is 0 Å². The number of hydrogen-bond donors (Lipinski definition) is 1. The third kappa shape index (κ3) is 3.49. The lowest BCUT2D eigenvalue weighted by atomic mass is 9.86. The molecule has 1 amide bonds. The van der Waals surface area contributed by atoms with E-state index in [0.717, 1.165) is 0 Å². The van der Waals surface area contributed by atoms with Crippen molar-refractivity contribution >= 4 is 5.91 Å². The summed E-state index contributed by atoms with van der Waals surface area (Å²) in [5, 5.41) is 0. The summed E-state index contributed by atoms with van der Waals surface area (Å²) in [5.74, 6) is 0.0208. The zero-order valence-corrected chi connectivity index (χ0v) is 11.2. The molecule has 0 aromatic rings. The van der Waals surface area contributed by atoms with Crippen LogP contribution in [-0.4, -0.2) is 29.4 Å². The Morgan fingerprint density at radius 1 is 1.33 bits per heavy atom. The Hall–Kier alpha value is -0.570. The van der Waals surface area contributed by atoms with Crippen LogP contribution >= 0.6 is 0 Å². The predicted molar refractivity (Wildman–Crippen MR) is 64.6 cm³/mol. The van der Waals surface area contributed by atoms with Gasteiger partial charge in [-0.25, -0.2) is 0 Å². The quantitative estimate of drug-likeness (QED) is 0.781. The fraction of sp³-hybridized carbons (Fsp3) is 0.917. The van der Waals surface area contributed by atoms with E-state index in [2.05, 4.69) is 27.7 Å². The fourth-order valence-electron chi connectivity index (χ4n) is 1.31. The van der Waals surface area contributed by atoms with E-state index in [1.807, 2.05) is 14.0 Å². The first-order valence-electron chi connectivity index (χ1n) is 5.60. The third-order valence-corrected chi connectivity index (χ3v) is 3.38. The largest absolute Gasteiger partial charge is 0.341 e. The number of amides is 1. The standard InChI is InChI=1S/C12H26N2O/c1-8-12(6,13)10(15)14(7)9(2)11(3,4)5/h9H,8,13H2,1-7H3. The summed E-state index contributed by atoms with van der Waals surface area (Å²) in [4.78, 5) is 13.9. The van der Waals surface area contributed by atoms with Gasteiger partial charge in [-0.05, 0) is 25.7 Å². The van der Waals surface area contributed by atoms with Crippen molar-refractivity contribution in [1.29, 1.82) is 0 Å². The molecule has 0 aliphatic carbocycles. The topological polar surface area (TPSA) is 46.3 Å². The summed E-state index contributed by atoms with van der Waals surface area (Å²) in [6.07, 6.45) is 0.660. The third-order valence-electron chi connectivity index (χ3n) is 3.38. The highest BCUT2D eigenvalue weighted by molar-refractivity contribution is 5.85. The van der Waals surface area contributed by atoms with E-state index < -0.39 is 5.54 Å². The van der Waals surface area contributed by atoms with Crippen molar-refractivity contribution in [3.8, 4) is 0 Å². The molecule has 0 heterocycles. The molecule has 0 spiro atoms. The van der Waals surface area contributed by atoms with Crippen molar-refractivity contribution in [3.63, 3.8) is 0 Å². The molecule has 3 nitrogen and oxygen atoms in total. The van der Waals surface area contributed by atoms with Crippen LogP contribution < -0.4 is 5.73 Å². The highest BCUT2D eigenvalue weighted by Gasteiger charge is 2.34. The highest BCUT2D eigenvalue weighted by atomic mass is 16.2. The van der Waals surface area contributed by atoms with Gasteiger partial charge in [-0.2, -0.15) is 0 Å². The maximum absolute atomic E-state index is 12.1. The van der Waals surface area contributed by atoms with Gasteiger partial charge in [0.2, 0.25) is 5.91 Å². The number of hydrogen-bond acceptors (Lipinski definition) is 2. The van der Waals surface area contributed by atoms with Crippen molar-refractivity contribution < 1.29 is 4.79 Å². The second-order valence-electron chi connectivity index (χ2n) is 5.73. The summed E-state index contributed by atoms with van der Waals surface area (Å²) in [6.45, 7) is 12.2. The second-order valence-corrected chi connectivity index (χ2v) is 5.73. The van der Waals surface area contributed by atoms with Gasteiger partial charge < -0.3 is 10.6 Å². The van der Waals surface area contributed by atoms with Crippen LogP contribution in [0, 0.1) is 5.41 Å². The van der Waals surface area contributed by atoms with Gasteiger partial charge in [-0.3, -0.25) is 4.79 Å². The summed E-state index contributed by atoms with van der Waals surface area (Å²) < 4.78 is 0. The van der Waals surface area contributed by atoms with Crippen LogP contribution in [0.15, 0.2) is 0 Å². The molecule has 90 valence electrons. The van der Waals surface area contributed by atoms with Gasteiger partial charge in [-0.1, -0.05) is 27.7 Å².